The Morgan fingerprint density at radius 2 is 1.90 bits per heavy atom. The van der Waals surface area contributed by atoms with Gasteiger partial charge in [-0.1, -0.05) is 25.4 Å². The van der Waals surface area contributed by atoms with Gasteiger partial charge >= 0.3 is 0 Å². The second kappa shape index (κ2) is 8.38. The molecule has 0 bridgehead atoms. The highest BCUT2D eigenvalue weighted by atomic mass is 35.5. The van der Waals surface area contributed by atoms with Crippen LogP contribution in [0.15, 0.2) is 23.0 Å². The first-order valence-electron chi connectivity index (χ1n) is 10.3. The summed E-state index contributed by atoms with van der Waals surface area (Å²) >= 11 is 6.34. The van der Waals surface area contributed by atoms with Gasteiger partial charge in [0.05, 0.1) is 0 Å². The zero-order chi connectivity index (χ0) is 22.2. The number of pyridine rings is 1. The summed E-state index contributed by atoms with van der Waals surface area (Å²) in [7, 11) is 0. The van der Waals surface area contributed by atoms with Gasteiger partial charge in [0.15, 0.2) is 0 Å². The lowest BCUT2D eigenvalue weighted by Gasteiger charge is -2.35. The fraction of sp³-hybridized carbons (Fsp3) is 0.458. The second-order valence-electron chi connectivity index (χ2n) is 9.18. The minimum atomic E-state index is -0.307. The van der Waals surface area contributed by atoms with Crippen molar-refractivity contribution in [3.8, 4) is 0 Å². The van der Waals surface area contributed by atoms with Crippen LogP contribution in [0.25, 0.3) is 0 Å². The minimum absolute atomic E-state index is 0.0692. The summed E-state index contributed by atoms with van der Waals surface area (Å²) in [4.78, 5) is 40.6. The summed E-state index contributed by atoms with van der Waals surface area (Å²) in [5.41, 5.74) is 4.04. The molecule has 0 radical (unpaired) electrons. The van der Waals surface area contributed by atoms with Crippen molar-refractivity contribution in [3.05, 3.63) is 67.1 Å². The van der Waals surface area contributed by atoms with Crippen LogP contribution in [-0.4, -0.2) is 16.7 Å². The van der Waals surface area contributed by atoms with E-state index in [0.717, 1.165) is 35.2 Å². The maximum atomic E-state index is 13.0. The number of amides is 1. The standard InChI is InChI=1S/C24H29ClN2O3/c1-13-8-14(2)27-23(30)20(13)12-26-22(29)18-10-16(25)9-17(15(18)3)19-11-24(4,5)7-6-21(19)28/h8-10,19H,6-7,11-12H2,1-5H3,(H,26,29)(H,27,30). The first-order chi connectivity index (χ1) is 14.0. The van der Waals surface area contributed by atoms with Gasteiger partial charge in [0, 0.05) is 40.7 Å². The molecule has 1 atom stereocenters. The predicted octanol–water partition coefficient (Wildman–Crippen LogP) is 4.75. The normalized spacial score (nSPS) is 18.3. The van der Waals surface area contributed by atoms with E-state index in [1.54, 1.807) is 6.07 Å². The molecule has 1 heterocycles. The summed E-state index contributed by atoms with van der Waals surface area (Å²) < 4.78 is 0. The molecule has 1 aliphatic rings. The predicted molar refractivity (Wildman–Crippen MR) is 119 cm³/mol. The lowest BCUT2D eigenvalue weighted by Crippen LogP contribution is -2.30. The van der Waals surface area contributed by atoms with Crippen molar-refractivity contribution in [1.82, 2.24) is 10.3 Å². The Hall–Kier alpha value is -2.40. The van der Waals surface area contributed by atoms with Crippen LogP contribution >= 0.6 is 11.6 Å². The fourth-order valence-corrected chi connectivity index (χ4v) is 4.58. The highest BCUT2D eigenvalue weighted by Crippen LogP contribution is 2.43. The van der Waals surface area contributed by atoms with E-state index in [0.29, 0.717) is 22.6 Å². The number of aromatic nitrogens is 1. The van der Waals surface area contributed by atoms with Crippen LogP contribution in [0.3, 0.4) is 0 Å². The molecular weight excluding hydrogens is 400 g/mol. The van der Waals surface area contributed by atoms with Crippen molar-refractivity contribution < 1.29 is 9.59 Å². The second-order valence-corrected chi connectivity index (χ2v) is 9.62. The Morgan fingerprint density at radius 1 is 1.20 bits per heavy atom. The first kappa shape index (κ1) is 22.3. The van der Waals surface area contributed by atoms with Gasteiger partial charge in [-0.2, -0.15) is 0 Å². The van der Waals surface area contributed by atoms with Crippen LogP contribution in [0.1, 0.15) is 77.3 Å². The van der Waals surface area contributed by atoms with Crippen molar-refractivity contribution >= 4 is 23.3 Å². The lowest BCUT2D eigenvalue weighted by atomic mass is 9.68. The fourth-order valence-electron chi connectivity index (χ4n) is 4.35. The van der Waals surface area contributed by atoms with Crippen LogP contribution in [0.4, 0.5) is 0 Å². The molecule has 160 valence electrons. The molecule has 1 saturated carbocycles. The van der Waals surface area contributed by atoms with Crippen molar-refractivity contribution in [2.24, 2.45) is 5.41 Å². The molecule has 1 aliphatic carbocycles. The van der Waals surface area contributed by atoms with Crippen molar-refractivity contribution in [2.45, 2.75) is 66.3 Å². The largest absolute Gasteiger partial charge is 0.348 e. The summed E-state index contributed by atoms with van der Waals surface area (Å²) in [6, 6.07) is 5.31. The maximum absolute atomic E-state index is 13.0. The van der Waals surface area contributed by atoms with Gasteiger partial charge in [0.25, 0.3) is 11.5 Å². The van der Waals surface area contributed by atoms with Gasteiger partial charge in [0.2, 0.25) is 0 Å². The highest BCUT2D eigenvalue weighted by Gasteiger charge is 2.35. The third-order valence-electron chi connectivity index (χ3n) is 6.15. The van der Waals surface area contributed by atoms with Crippen molar-refractivity contribution in [1.29, 1.82) is 0 Å². The molecule has 2 N–H and O–H groups in total. The molecule has 2 aromatic rings. The maximum Gasteiger partial charge on any atom is 0.253 e. The van der Waals surface area contributed by atoms with Gasteiger partial charge < -0.3 is 10.3 Å². The molecule has 0 saturated heterocycles. The smallest absolute Gasteiger partial charge is 0.253 e. The van der Waals surface area contributed by atoms with Gasteiger partial charge in [0.1, 0.15) is 5.78 Å². The van der Waals surface area contributed by atoms with Crippen LogP contribution < -0.4 is 10.9 Å². The Bertz CT molecular complexity index is 1070. The van der Waals surface area contributed by atoms with E-state index in [2.05, 4.69) is 24.1 Å². The topological polar surface area (TPSA) is 79.0 Å². The summed E-state index contributed by atoms with van der Waals surface area (Å²) in [6.45, 7) is 9.99. The number of hydrogen-bond donors (Lipinski definition) is 2. The average Bonchev–Trinajstić information content (AvgIpc) is 2.64. The minimum Gasteiger partial charge on any atom is -0.348 e. The Labute approximate surface area is 182 Å². The zero-order valence-corrected chi connectivity index (χ0v) is 19.0. The molecular formula is C24H29ClN2O3. The first-order valence-corrected chi connectivity index (χ1v) is 10.7. The molecule has 0 aliphatic heterocycles. The molecule has 1 unspecified atom stereocenters. The molecule has 1 aromatic heterocycles. The van der Waals surface area contributed by atoms with Crippen LogP contribution in [0.2, 0.25) is 5.02 Å². The monoisotopic (exact) mass is 428 g/mol. The third kappa shape index (κ3) is 4.67. The number of benzene rings is 1. The molecule has 1 amide bonds. The number of aryl methyl sites for hydroxylation is 2. The number of nitrogens with one attached hydrogen (secondary N) is 2. The molecule has 30 heavy (non-hydrogen) atoms. The number of hydrogen-bond acceptors (Lipinski definition) is 3. The van der Waals surface area contributed by atoms with E-state index < -0.39 is 0 Å². The Morgan fingerprint density at radius 3 is 2.57 bits per heavy atom. The van der Waals surface area contributed by atoms with Crippen LogP contribution in [-0.2, 0) is 11.3 Å². The molecule has 1 fully saturated rings. The van der Waals surface area contributed by atoms with Gasteiger partial charge in [-0.3, -0.25) is 14.4 Å². The molecule has 6 heteroatoms. The summed E-state index contributed by atoms with van der Waals surface area (Å²) in [5, 5.41) is 3.27. The lowest BCUT2D eigenvalue weighted by molar-refractivity contribution is -0.123. The number of carbonyl (C=O) groups excluding carboxylic acids is 2. The Balaban J connectivity index is 1.89. The SMILES string of the molecule is Cc1cc(C)c(CNC(=O)c2cc(Cl)cc(C3CC(C)(C)CCC3=O)c2C)c(=O)[nH]1. The van der Waals surface area contributed by atoms with E-state index in [-0.39, 0.29) is 35.1 Å². The number of Topliss-reactive ketones (excluding diaryl/α,β-unsaturated/α-hetero) is 1. The van der Waals surface area contributed by atoms with Crippen molar-refractivity contribution in [3.63, 3.8) is 0 Å². The quantitative estimate of drug-likeness (QED) is 0.737. The number of aromatic amines is 1. The molecule has 1 aromatic carbocycles. The zero-order valence-electron chi connectivity index (χ0n) is 18.2. The van der Waals surface area contributed by atoms with E-state index >= 15 is 0 Å². The average molecular weight is 429 g/mol. The number of rotatable bonds is 4. The van der Waals surface area contributed by atoms with E-state index in [4.69, 9.17) is 11.6 Å². The Kier molecular flexibility index (Phi) is 6.23. The molecule has 5 nitrogen and oxygen atoms in total. The van der Waals surface area contributed by atoms with Gasteiger partial charge in [-0.25, -0.2) is 0 Å². The van der Waals surface area contributed by atoms with E-state index in [1.165, 1.54) is 0 Å². The van der Waals surface area contributed by atoms with Crippen LogP contribution in [0.5, 0.6) is 0 Å². The molecule has 3 rings (SSSR count). The number of carbonyl (C=O) groups is 2. The molecule has 0 spiro atoms. The number of halogens is 1. The van der Waals surface area contributed by atoms with Crippen LogP contribution in [0, 0.1) is 26.2 Å². The van der Waals surface area contributed by atoms with E-state index in [9.17, 15) is 14.4 Å². The highest BCUT2D eigenvalue weighted by molar-refractivity contribution is 6.31. The van der Waals surface area contributed by atoms with E-state index in [1.807, 2.05) is 32.9 Å². The van der Waals surface area contributed by atoms with Crippen molar-refractivity contribution in [2.75, 3.05) is 0 Å². The number of H-pyrrole nitrogens is 1. The third-order valence-corrected chi connectivity index (χ3v) is 6.36. The number of ketones is 1. The summed E-state index contributed by atoms with van der Waals surface area (Å²) in [6.07, 6.45) is 2.16. The van der Waals surface area contributed by atoms with Gasteiger partial charge in [-0.15, -0.1) is 0 Å². The summed E-state index contributed by atoms with van der Waals surface area (Å²) in [5.74, 6) is -0.354. The van der Waals surface area contributed by atoms with Gasteiger partial charge in [-0.05, 0) is 73.9 Å².